The summed E-state index contributed by atoms with van der Waals surface area (Å²) in [4.78, 5) is 28.3. The molecule has 0 bridgehead atoms. The van der Waals surface area contributed by atoms with Crippen LogP contribution in [0.15, 0.2) is 30.5 Å². The SMILES string of the molecule is Cn1nccc1[C@@H]1CN(C(=O)c2ccc(Cl)c(N3CCNC3=O)c2)C[C@H]1N. The molecular weight excluding hydrogens is 368 g/mol. The summed E-state index contributed by atoms with van der Waals surface area (Å²) in [7, 11) is 1.87. The van der Waals surface area contributed by atoms with Gasteiger partial charge in [0.05, 0.1) is 10.7 Å². The predicted octanol–water partition coefficient (Wildman–Crippen LogP) is 1.17. The highest BCUT2D eigenvalue weighted by Gasteiger charge is 2.36. The molecule has 3 amide bonds. The maximum Gasteiger partial charge on any atom is 0.322 e. The lowest BCUT2D eigenvalue weighted by molar-refractivity contribution is 0.0789. The first-order valence-corrected chi connectivity index (χ1v) is 9.21. The van der Waals surface area contributed by atoms with E-state index in [2.05, 4.69) is 10.4 Å². The van der Waals surface area contributed by atoms with Gasteiger partial charge in [-0.25, -0.2) is 4.79 Å². The van der Waals surface area contributed by atoms with Crippen molar-refractivity contribution in [2.24, 2.45) is 12.8 Å². The van der Waals surface area contributed by atoms with Gasteiger partial charge in [0, 0.05) is 62.6 Å². The van der Waals surface area contributed by atoms with E-state index in [0.29, 0.717) is 42.5 Å². The average molecular weight is 389 g/mol. The monoisotopic (exact) mass is 388 g/mol. The summed E-state index contributed by atoms with van der Waals surface area (Å²) in [5, 5.41) is 7.38. The molecule has 0 unspecified atom stereocenters. The Bertz CT molecular complexity index is 898. The molecule has 0 spiro atoms. The zero-order valence-electron chi connectivity index (χ0n) is 14.9. The van der Waals surface area contributed by atoms with Crippen LogP contribution in [0.3, 0.4) is 0 Å². The van der Waals surface area contributed by atoms with E-state index in [-0.39, 0.29) is 23.9 Å². The van der Waals surface area contributed by atoms with Gasteiger partial charge >= 0.3 is 6.03 Å². The van der Waals surface area contributed by atoms with Gasteiger partial charge in [0.15, 0.2) is 0 Å². The van der Waals surface area contributed by atoms with Crippen LogP contribution in [0.5, 0.6) is 0 Å². The van der Waals surface area contributed by atoms with Crippen molar-refractivity contribution in [3.63, 3.8) is 0 Å². The number of likely N-dealkylation sites (tertiary alicyclic amines) is 1. The van der Waals surface area contributed by atoms with Gasteiger partial charge in [-0.15, -0.1) is 0 Å². The fraction of sp³-hybridized carbons (Fsp3) is 0.389. The lowest BCUT2D eigenvalue weighted by atomic mass is 10.0. The van der Waals surface area contributed by atoms with E-state index in [0.717, 1.165) is 5.69 Å². The van der Waals surface area contributed by atoms with Crippen LogP contribution < -0.4 is 16.0 Å². The summed E-state index contributed by atoms with van der Waals surface area (Å²) in [6.45, 7) is 2.08. The molecule has 3 N–H and O–H groups in total. The van der Waals surface area contributed by atoms with Crippen LogP contribution in [-0.2, 0) is 7.05 Å². The number of nitrogens with two attached hydrogens (primary N) is 1. The second kappa shape index (κ2) is 6.86. The minimum absolute atomic E-state index is 0.0394. The molecule has 0 aliphatic carbocycles. The van der Waals surface area contributed by atoms with Gasteiger partial charge in [0.2, 0.25) is 0 Å². The molecule has 9 heteroatoms. The largest absolute Gasteiger partial charge is 0.336 e. The number of carbonyl (C=O) groups is 2. The molecule has 2 aliphatic heterocycles. The summed E-state index contributed by atoms with van der Waals surface area (Å²) in [6.07, 6.45) is 1.74. The normalized spacial score (nSPS) is 22.4. The minimum Gasteiger partial charge on any atom is -0.336 e. The molecule has 1 aromatic heterocycles. The topological polar surface area (TPSA) is 96.5 Å². The minimum atomic E-state index is -0.207. The van der Waals surface area contributed by atoms with Crippen molar-refractivity contribution < 1.29 is 9.59 Å². The van der Waals surface area contributed by atoms with Crippen molar-refractivity contribution in [1.29, 1.82) is 0 Å². The van der Waals surface area contributed by atoms with Crippen molar-refractivity contribution >= 4 is 29.2 Å². The van der Waals surface area contributed by atoms with Gasteiger partial charge in [0.1, 0.15) is 0 Å². The number of nitrogens with one attached hydrogen (secondary N) is 1. The molecule has 8 nitrogen and oxygen atoms in total. The molecule has 2 atom stereocenters. The van der Waals surface area contributed by atoms with Crippen molar-refractivity contribution in [3.8, 4) is 0 Å². The molecule has 2 saturated heterocycles. The van der Waals surface area contributed by atoms with Gasteiger partial charge in [-0.3, -0.25) is 14.4 Å². The standard InChI is InChI=1S/C18H21ClN6O2/c1-23-15(4-5-22-23)12-9-24(10-14(12)20)17(26)11-2-3-13(19)16(8-11)25-7-6-21-18(25)27/h2-5,8,12,14H,6-7,9-10,20H2,1H3,(H,21,27)/t12-,14-/m1/s1. The summed E-state index contributed by atoms with van der Waals surface area (Å²) in [5.41, 5.74) is 8.35. The van der Waals surface area contributed by atoms with E-state index in [9.17, 15) is 9.59 Å². The summed E-state index contributed by atoms with van der Waals surface area (Å²) in [6, 6.07) is 6.60. The number of urea groups is 1. The fourth-order valence-electron chi connectivity index (χ4n) is 3.79. The molecule has 2 aliphatic rings. The third-order valence-corrected chi connectivity index (χ3v) is 5.55. The van der Waals surface area contributed by atoms with Crippen LogP contribution in [0.2, 0.25) is 5.02 Å². The Morgan fingerprint density at radius 3 is 2.81 bits per heavy atom. The quantitative estimate of drug-likeness (QED) is 0.824. The van der Waals surface area contributed by atoms with Crippen LogP contribution in [-0.4, -0.2) is 58.8 Å². The maximum atomic E-state index is 13.0. The highest BCUT2D eigenvalue weighted by atomic mass is 35.5. The zero-order chi connectivity index (χ0) is 19.1. The van der Waals surface area contributed by atoms with Crippen LogP contribution in [0.25, 0.3) is 0 Å². The third-order valence-electron chi connectivity index (χ3n) is 5.23. The number of carbonyl (C=O) groups excluding carboxylic acids is 2. The van der Waals surface area contributed by atoms with Crippen molar-refractivity contribution in [3.05, 3.63) is 46.7 Å². The van der Waals surface area contributed by atoms with Crippen molar-refractivity contribution in [2.45, 2.75) is 12.0 Å². The third kappa shape index (κ3) is 3.15. The Kier molecular flexibility index (Phi) is 4.53. The Morgan fingerprint density at radius 2 is 2.15 bits per heavy atom. The lowest BCUT2D eigenvalue weighted by Gasteiger charge is -2.20. The van der Waals surface area contributed by atoms with E-state index in [4.69, 9.17) is 17.3 Å². The molecule has 27 heavy (non-hydrogen) atoms. The molecule has 0 saturated carbocycles. The summed E-state index contributed by atoms with van der Waals surface area (Å²) in [5.74, 6) is -0.0785. The fourth-order valence-corrected chi connectivity index (χ4v) is 4.01. The number of hydrogen-bond donors (Lipinski definition) is 2. The molecule has 2 aromatic rings. The first-order chi connectivity index (χ1) is 13.0. The van der Waals surface area contributed by atoms with E-state index >= 15 is 0 Å². The molecule has 2 fully saturated rings. The maximum absolute atomic E-state index is 13.0. The van der Waals surface area contributed by atoms with E-state index in [1.807, 2.05) is 13.1 Å². The number of benzene rings is 1. The van der Waals surface area contributed by atoms with Crippen molar-refractivity contribution in [1.82, 2.24) is 20.0 Å². The summed E-state index contributed by atoms with van der Waals surface area (Å²) >= 11 is 6.26. The van der Waals surface area contributed by atoms with Gasteiger partial charge in [0.25, 0.3) is 5.91 Å². The molecule has 142 valence electrons. The van der Waals surface area contributed by atoms with Crippen LogP contribution in [0.4, 0.5) is 10.5 Å². The van der Waals surface area contributed by atoms with Crippen LogP contribution in [0, 0.1) is 0 Å². The van der Waals surface area contributed by atoms with Gasteiger partial charge in [-0.1, -0.05) is 11.6 Å². The van der Waals surface area contributed by atoms with Gasteiger partial charge in [-0.05, 0) is 24.3 Å². The number of anilines is 1. The number of nitrogens with zero attached hydrogens (tertiary/aromatic N) is 4. The van der Waals surface area contributed by atoms with Gasteiger partial charge in [-0.2, -0.15) is 5.10 Å². The van der Waals surface area contributed by atoms with Crippen LogP contribution in [0.1, 0.15) is 22.0 Å². The Hall–Kier alpha value is -2.58. The van der Waals surface area contributed by atoms with Crippen LogP contribution >= 0.6 is 11.6 Å². The number of halogens is 1. The number of hydrogen-bond acceptors (Lipinski definition) is 4. The second-order valence-corrected chi connectivity index (χ2v) is 7.32. The molecule has 4 rings (SSSR count). The second-order valence-electron chi connectivity index (χ2n) is 6.91. The Morgan fingerprint density at radius 1 is 1.33 bits per heavy atom. The zero-order valence-corrected chi connectivity index (χ0v) is 15.7. The predicted molar refractivity (Wildman–Crippen MR) is 102 cm³/mol. The molecular formula is C18H21ClN6O2. The highest BCUT2D eigenvalue weighted by molar-refractivity contribution is 6.34. The van der Waals surface area contributed by atoms with E-state index in [1.165, 1.54) is 0 Å². The Labute approximate surface area is 161 Å². The van der Waals surface area contributed by atoms with Gasteiger partial charge < -0.3 is 16.0 Å². The van der Waals surface area contributed by atoms with Crippen molar-refractivity contribution in [2.75, 3.05) is 31.1 Å². The first-order valence-electron chi connectivity index (χ1n) is 8.83. The summed E-state index contributed by atoms with van der Waals surface area (Å²) < 4.78 is 1.80. The molecule has 3 heterocycles. The van der Waals surface area contributed by atoms with E-state index < -0.39 is 0 Å². The number of aryl methyl sites for hydroxylation is 1. The molecule has 0 radical (unpaired) electrons. The van der Waals surface area contributed by atoms with E-state index in [1.54, 1.807) is 38.9 Å². The number of rotatable bonds is 3. The number of amides is 3. The average Bonchev–Trinajstić information content (AvgIpc) is 3.35. The highest BCUT2D eigenvalue weighted by Crippen LogP contribution is 2.31. The Balaban J connectivity index is 1.57. The lowest BCUT2D eigenvalue weighted by Crippen LogP contribution is -2.32. The smallest absolute Gasteiger partial charge is 0.322 e. The number of aromatic nitrogens is 2. The first kappa shape index (κ1) is 17.8. The molecule has 1 aromatic carbocycles.